The lowest BCUT2D eigenvalue weighted by Crippen LogP contribution is -2.22. The number of fused-ring (bicyclic) bond motifs is 2. The number of carbonyl (C=O) groups is 2. The summed E-state index contributed by atoms with van der Waals surface area (Å²) in [7, 11) is 0. The van der Waals surface area contributed by atoms with Crippen LogP contribution in [0, 0.1) is 23.3 Å². The van der Waals surface area contributed by atoms with Crippen LogP contribution in [0.25, 0.3) is 21.8 Å². The first kappa shape index (κ1) is 30.2. The number of carbonyl (C=O) groups excluding carboxylic acids is 2. The summed E-state index contributed by atoms with van der Waals surface area (Å²) in [5, 5.41) is -0.482. The van der Waals surface area contributed by atoms with E-state index in [1.165, 1.54) is 21.5 Å². The smallest absolute Gasteiger partial charge is 0.343 e. The van der Waals surface area contributed by atoms with Crippen LogP contribution in [0.2, 0.25) is 0 Å². The van der Waals surface area contributed by atoms with E-state index in [1.54, 1.807) is 38.1 Å². The van der Waals surface area contributed by atoms with Crippen molar-refractivity contribution in [3.05, 3.63) is 127 Å². The molecule has 0 fully saturated rings. The Hall–Kier alpha value is -5.26. The van der Waals surface area contributed by atoms with Crippen LogP contribution >= 0.6 is 0 Å². The second-order valence-corrected chi connectivity index (χ2v) is 9.78. The molecule has 3 aromatic carbocycles. The average Bonchev–Trinajstić information content (AvgIpc) is 2.99. The minimum atomic E-state index is -1.27. The molecular weight excluding hydrogens is 584 g/mol. The highest BCUT2D eigenvalue weighted by molar-refractivity contribution is 5.94. The largest absolute Gasteiger partial charge is 0.462 e. The predicted octanol–water partition coefficient (Wildman–Crippen LogP) is 5.32. The number of halogens is 4. The molecule has 5 aromatic rings. The van der Waals surface area contributed by atoms with Crippen molar-refractivity contribution in [1.82, 2.24) is 9.13 Å². The molecule has 226 valence electrons. The van der Waals surface area contributed by atoms with Gasteiger partial charge in [0.25, 0.3) is 0 Å². The Morgan fingerprint density at radius 1 is 0.636 bits per heavy atom. The quantitative estimate of drug-likeness (QED) is 0.175. The molecule has 0 aliphatic rings. The van der Waals surface area contributed by atoms with Gasteiger partial charge in [-0.05, 0) is 37.1 Å². The summed E-state index contributed by atoms with van der Waals surface area (Å²) in [6.07, 6.45) is 2.39. The van der Waals surface area contributed by atoms with Crippen molar-refractivity contribution < 1.29 is 36.6 Å². The number of hydrogen-bond acceptors (Lipinski definition) is 6. The Kier molecular flexibility index (Phi) is 8.34. The lowest BCUT2D eigenvalue weighted by atomic mass is 10.0. The van der Waals surface area contributed by atoms with Gasteiger partial charge in [-0.25, -0.2) is 27.2 Å². The number of rotatable bonds is 8. The normalized spacial score (nSPS) is 11.2. The number of hydrogen-bond donors (Lipinski definition) is 0. The first-order valence-corrected chi connectivity index (χ1v) is 13.5. The summed E-state index contributed by atoms with van der Waals surface area (Å²) < 4.78 is 69.8. The van der Waals surface area contributed by atoms with Crippen LogP contribution in [0.4, 0.5) is 17.6 Å². The van der Waals surface area contributed by atoms with E-state index in [0.29, 0.717) is 11.1 Å². The second-order valence-electron chi connectivity index (χ2n) is 9.78. The molecule has 0 spiro atoms. The highest BCUT2D eigenvalue weighted by atomic mass is 19.2. The van der Waals surface area contributed by atoms with Gasteiger partial charge in [0.05, 0.1) is 24.2 Å². The Labute approximate surface area is 246 Å². The molecule has 0 unspecified atom stereocenters. The van der Waals surface area contributed by atoms with E-state index in [0.717, 1.165) is 24.3 Å². The summed E-state index contributed by atoms with van der Waals surface area (Å²) in [5.41, 5.74) is -1.30. The van der Waals surface area contributed by atoms with Crippen LogP contribution in [-0.2, 0) is 22.6 Å². The lowest BCUT2D eigenvalue weighted by Gasteiger charge is -2.18. The van der Waals surface area contributed by atoms with E-state index < -0.39 is 46.1 Å². The zero-order valence-corrected chi connectivity index (χ0v) is 23.5. The topological polar surface area (TPSA) is 96.6 Å². The molecule has 44 heavy (non-hydrogen) atoms. The van der Waals surface area contributed by atoms with E-state index in [9.17, 15) is 36.7 Å². The number of aromatic nitrogens is 2. The van der Waals surface area contributed by atoms with Gasteiger partial charge in [0, 0.05) is 48.4 Å². The zero-order valence-electron chi connectivity index (χ0n) is 23.5. The van der Waals surface area contributed by atoms with E-state index in [1.807, 2.05) is 0 Å². The third kappa shape index (κ3) is 5.58. The van der Waals surface area contributed by atoms with Gasteiger partial charge in [-0.3, -0.25) is 9.59 Å². The van der Waals surface area contributed by atoms with E-state index >= 15 is 0 Å². The molecule has 0 N–H and O–H groups in total. The first-order valence-electron chi connectivity index (χ1n) is 13.5. The standard InChI is InChI=1S/C32H24F4N2O6/c1-3-43-31(41)21-15-37(27-11-25(35)23(33)9-19(27)29(21)39)13-17-7-5-6-8-18(17)14-38-16-22(32(42)44-4-2)30(40)20-10-24(34)26(36)12-28(20)38/h5-12,15-16H,3-4,13-14H2,1-2H3. The van der Waals surface area contributed by atoms with Gasteiger partial charge < -0.3 is 18.6 Å². The Morgan fingerprint density at radius 2 is 1.00 bits per heavy atom. The Bertz CT molecular complexity index is 1940. The molecule has 0 bridgehead atoms. The molecule has 0 saturated heterocycles. The van der Waals surface area contributed by atoms with Crippen LogP contribution < -0.4 is 10.9 Å². The molecule has 0 aliphatic carbocycles. The van der Waals surface area contributed by atoms with Crippen molar-refractivity contribution in [1.29, 1.82) is 0 Å². The molecule has 8 nitrogen and oxygen atoms in total. The van der Waals surface area contributed by atoms with Crippen LogP contribution in [0.15, 0.2) is 70.5 Å². The van der Waals surface area contributed by atoms with Crippen LogP contribution in [0.5, 0.6) is 0 Å². The fourth-order valence-electron chi connectivity index (χ4n) is 4.97. The molecule has 5 rings (SSSR count). The molecule has 0 saturated carbocycles. The van der Waals surface area contributed by atoms with Crippen molar-refractivity contribution in [3.63, 3.8) is 0 Å². The third-order valence-electron chi connectivity index (χ3n) is 7.03. The van der Waals surface area contributed by atoms with Gasteiger partial charge in [-0.2, -0.15) is 0 Å². The van der Waals surface area contributed by atoms with Crippen LogP contribution in [0.1, 0.15) is 45.7 Å². The molecule has 0 aliphatic heterocycles. The van der Waals surface area contributed by atoms with Gasteiger partial charge in [-0.15, -0.1) is 0 Å². The predicted molar refractivity (Wildman–Crippen MR) is 153 cm³/mol. The van der Waals surface area contributed by atoms with Gasteiger partial charge in [0.15, 0.2) is 23.3 Å². The summed E-state index contributed by atoms with van der Waals surface area (Å²) in [4.78, 5) is 51.2. The maximum atomic E-state index is 14.3. The third-order valence-corrected chi connectivity index (χ3v) is 7.03. The fraction of sp³-hybridized carbons (Fsp3) is 0.188. The molecule has 2 aromatic heterocycles. The van der Waals surface area contributed by atoms with E-state index in [2.05, 4.69) is 0 Å². The number of nitrogens with zero attached hydrogens (tertiary/aromatic N) is 2. The SMILES string of the molecule is CCOC(=O)c1cn(Cc2ccccc2Cn2cc(C(=O)OCC)c(=O)c3cc(F)c(F)cc32)c2cc(F)c(F)cc2c1=O. The fourth-order valence-corrected chi connectivity index (χ4v) is 4.97. The molecule has 2 heterocycles. The highest BCUT2D eigenvalue weighted by Gasteiger charge is 2.21. The molecular formula is C32H24F4N2O6. The lowest BCUT2D eigenvalue weighted by molar-refractivity contribution is 0.0514. The van der Waals surface area contributed by atoms with Gasteiger partial charge in [-0.1, -0.05) is 24.3 Å². The monoisotopic (exact) mass is 608 g/mol. The van der Waals surface area contributed by atoms with E-state index in [-0.39, 0.29) is 59.2 Å². The van der Waals surface area contributed by atoms with Crippen LogP contribution in [-0.4, -0.2) is 34.3 Å². The molecule has 0 atom stereocenters. The number of benzene rings is 3. The van der Waals surface area contributed by atoms with Crippen molar-refractivity contribution in [2.75, 3.05) is 13.2 Å². The number of pyridine rings is 2. The van der Waals surface area contributed by atoms with Crippen molar-refractivity contribution in [3.8, 4) is 0 Å². The second kappa shape index (κ2) is 12.2. The summed E-state index contributed by atoms with van der Waals surface area (Å²) in [6.45, 7) is 2.94. The molecule has 0 radical (unpaired) electrons. The van der Waals surface area contributed by atoms with Gasteiger partial charge >= 0.3 is 11.9 Å². The summed E-state index contributed by atoms with van der Waals surface area (Å²) in [5.74, 6) is -6.83. The maximum absolute atomic E-state index is 14.3. The van der Waals surface area contributed by atoms with Gasteiger partial charge in [0.1, 0.15) is 11.1 Å². The van der Waals surface area contributed by atoms with E-state index in [4.69, 9.17) is 9.47 Å². The molecule has 12 heteroatoms. The summed E-state index contributed by atoms with van der Waals surface area (Å²) in [6, 6.07) is 9.91. The molecule has 0 amide bonds. The minimum Gasteiger partial charge on any atom is -0.462 e. The van der Waals surface area contributed by atoms with Crippen molar-refractivity contribution in [2.24, 2.45) is 0 Å². The summed E-state index contributed by atoms with van der Waals surface area (Å²) >= 11 is 0. The number of esters is 2. The maximum Gasteiger partial charge on any atom is 0.343 e. The average molecular weight is 609 g/mol. The van der Waals surface area contributed by atoms with Crippen molar-refractivity contribution >= 4 is 33.7 Å². The minimum absolute atomic E-state index is 0.00713. The Balaban J connectivity index is 1.67. The zero-order chi connectivity index (χ0) is 31.7. The number of ether oxygens (including phenoxy) is 2. The Morgan fingerprint density at radius 3 is 1.36 bits per heavy atom. The first-order chi connectivity index (χ1) is 21.0. The highest BCUT2D eigenvalue weighted by Crippen LogP contribution is 2.23. The van der Waals surface area contributed by atoms with Crippen LogP contribution in [0.3, 0.4) is 0 Å². The van der Waals surface area contributed by atoms with Crippen molar-refractivity contribution in [2.45, 2.75) is 26.9 Å². The van der Waals surface area contributed by atoms with Gasteiger partial charge in [0.2, 0.25) is 10.9 Å².